The average molecular weight is 289 g/mol. The molecule has 112 valence electrons. The maximum atomic E-state index is 12.5. The van der Waals surface area contributed by atoms with Crippen LogP contribution in [-0.2, 0) is 4.79 Å². The van der Waals surface area contributed by atoms with Gasteiger partial charge in [0.15, 0.2) is 5.78 Å². The minimum Gasteiger partial charge on any atom is -0.494 e. The second-order valence-electron chi connectivity index (χ2n) is 5.12. The highest BCUT2D eigenvalue weighted by Crippen LogP contribution is 2.27. The van der Waals surface area contributed by atoms with Crippen LogP contribution in [0.3, 0.4) is 0 Å². The third-order valence-electron chi connectivity index (χ3n) is 3.78. The molecule has 1 heterocycles. The van der Waals surface area contributed by atoms with Crippen molar-refractivity contribution in [1.29, 1.82) is 0 Å². The van der Waals surface area contributed by atoms with Crippen molar-refractivity contribution < 1.29 is 19.4 Å². The number of Topliss-reactive ketones (excluding diaryl/α,β-unsaturated/α-hetero) is 1. The van der Waals surface area contributed by atoms with Crippen molar-refractivity contribution in [3.8, 4) is 5.75 Å². The Balaban J connectivity index is 2.39. The van der Waals surface area contributed by atoms with Crippen LogP contribution >= 0.6 is 0 Å². The van der Waals surface area contributed by atoms with Crippen LogP contribution in [0.2, 0.25) is 0 Å². The van der Waals surface area contributed by atoms with Crippen LogP contribution < -0.4 is 4.74 Å². The van der Waals surface area contributed by atoms with E-state index in [0.717, 1.165) is 10.9 Å². The zero-order chi connectivity index (χ0) is 15.6. The second kappa shape index (κ2) is 5.99. The summed E-state index contributed by atoms with van der Waals surface area (Å²) in [4.78, 5) is 26.6. The first-order chi connectivity index (χ1) is 9.95. The lowest BCUT2D eigenvalue weighted by Crippen LogP contribution is -2.25. The molecule has 0 radical (unpaired) electrons. The number of aliphatic carboxylic acids is 1. The van der Waals surface area contributed by atoms with Gasteiger partial charge in [0.2, 0.25) is 0 Å². The second-order valence-corrected chi connectivity index (χ2v) is 5.12. The van der Waals surface area contributed by atoms with Crippen LogP contribution in [0.4, 0.5) is 0 Å². The molecule has 1 aromatic heterocycles. The number of fused-ring (bicyclic) bond motifs is 1. The van der Waals surface area contributed by atoms with Crippen LogP contribution in [-0.4, -0.2) is 28.4 Å². The first-order valence-corrected chi connectivity index (χ1v) is 6.96. The highest BCUT2D eigenvalue weighted by molar-refractivity contribution is 6.09. The number of nitrogens with one attached hydrogen (secondary N) is 1. The molecular weight excluding hydrogens is 270 g/mol. The quantitative estimate of drug-likeness (QED) is 0.801. The lowest BCUT2D eigenvalue weighted by Gasteiger charge is -2.14. The van der Waals surface area contributed by atoms with Gasteiger partial charge in [0.25, 0.3) is 0 Å². The summed E-state index contributed by atoms with van der Waals surface area (Å²) in [6, 6.07) is 5.49. The predicted octanol–water partition coefficient (Wildman–Crippen LogP) is 3.11. The largest absolute Gasteiger partial charge is 0.494 e. The minimum atomic E-state index is -0.967. The molecular formula is C16H19NO4. The monoisotopic (exact) mass is 289 g/mol. The zero-order valence-electron chi connectivity index (χ0n) is 12.3. The van der Waals surface area contributed by atoms with Crippen molar-refractivity contribution in [2.45, 2.75) is 20.8 Å². The molecule has 2 atom stereocenters. The van der Waals surface area contributed by atoms with Gasteiger partial charge in [-0.2, -0.15) is 0 Å². The summed E-state index contributed by atoms with van der Waals surface area (Å²) in [6.45, 7) is 5.63. The molecule has 2 aromatic rings. The number of benzene rings is 1. The Morgan fingerprint density at radius 3 is 2.62 bits per heavy atom. The Morgan fingerprint density at radius 1 is 1.29 bits per heavy atom. The third-order valence-corrected chi connectivity index (χ3v) is 3.78. The number of hydrogen-bond acceptors (Lipinski definition) is 3. The van der Waals surface area contributed by atoms with Crippen LogP contribution in [0.5, 0.6) is 5.75 Å². The van der Waals surface area contributed by atoms with E-state index in [1.165, 1.54) is 0 Å². The number of aromatic nitrogens is 1. The number of carbonyl (C=O) groups is 2. The molecule has 0 aliphatic carbocycles. The Bertz CT molecular complexity index is 674. The van der Waals surface area contributed by atoms with Gasteiger partial charge in [-0.05, 0) is 25.1 Å². The van der Waals surface area contributed by atoms with Crippen molar-refractivity contribution in [3.63, 3.8) is 0 Å². The molecule has 0 spiro atoms. The van der Waals surface area contributed by atoms with E-state index < -0.39 is 17.8 Å². The maximum Gasteiger partial charge on any atom is 0.306 e. The van der Waals surface area contributed by atoms with E-state index in [0.29, 0.717) is 17.9 Å². The lowest BCUT2D eigenvalue weighted by atomic mass is 9.88. The Morgan fingerprint density at radius 2 is 2.00 bits per heavy atom. The lowest BCUT2D eigenvalue weighted by molar-refractivity contribution is -0.142. The number of aromatic amines is 1. The van der Waals surface area contributed by atoms with E-state index in [9.17, 15) is 9.59 Å². The van der Waals surface area contributed by atoms with Crippen LogP contribution in [0.15, 0.2) is 24.4 Å². The fraction of sp³-hybridized carbons (Fsp3) is 0.375. The van der Waals surface area contributed by atoms with E-state index in [1.807, 2.05) is 19.1 Å². The molecule has 0 bridgehead atoms. The van der Waals surface area contributed by atoms with E-state index in [2.05, 4.69) is 4.98 Å². The fourth-order valence-corrected chi connectivity index (χ4v) is 2.25. The summed E-state index contributed by atoms with van der Waals surface area (Å²) >= 11 is 0. The number of rotatable bonds is 6. The number of carbonyl (C=O) groups excluding carboxylic acids is 1. The summed E-state index contributed by atoms with van der Waals surface area (Å²) in [5.41, 5.74) is 1.34. The molecule has 0 aliphatic heterocycles. The van der Waals surface area contributed by atoms with Crippen molar-refractivity contribution in [2.75, 3.05) is 6.61 Å². The van der Waals surface area contributed by atoms with Gasteiger partial charge in [0, 0.05) is 28.6 Å². The molecule has 0 aliphatic rings. The van der Waals surface area contributed by atoms with Gasteiger partial charge in [0.1, 0.15) is 5.75 Å². The maximum absolute atomic E-state index is 12.5. The smallest absolute Gasteiger partial charge is 0.306 e. The van der Waals surface area contributed by atoms with Crippen molar-refractivity contribution in [2.24, 2.45) is 11.8 Å². The molecule has 0 fully saturated rings. The topological polar surface area (TPSA) is 79.4 Å². The number of H-pyrrole nitrogens is 1. The normalized spacial score (nSPS) is 13.9. The van der Waals surface area contributed by atoms with Crippen LogP contribution in [0, 0.1) is 11.8 Å². The van der Waals surface area contributed by atoms with E-state index in [-0.39, 0.29) is 5.78 Å². The van der Waals surface area contributed by atoms with Gasteiger partial charge < -0.3 is 14.8 Å². The Labute approximate surface area is 122 Å². The first-order valence-electron chi connectivity index (χ1n) is 6.96. The van der Waals surface area contributed by atoms with Gasteiger partial charge >= 0.3 is 5.97 Å². The van der Waals surface area contributed by atoms with Gasteiger partial charge in [-0.3, -0.25) is 9.59 Å². The highest BCUT2D eigenvalue weighted by Gasteiger charge is 2.28. The molecule has 1 aromatic carbocycles. The minimum absolute atomic E-state index is 0.176. The molecule has 0 amide bonds. The summed E-state index contributed by atoms with van der Waals surface area (Å²) in [7, 11) is 0. The van der Waals surface area contributed by atoms with Crippen molar-refractivity contribution >= 4 is 22.7 Å². The zero-order valence-corrected chi connectivity index (χ0v) is 12.3. The molecule has 5 nitrogen and oxygen atoms in total. The molecule has 5 heteroatoms. The molecule has 2 unspecified atom stereocenters. The van der Waals surface area contributed by atoms with Crippen molar-refractivity contribution in [3.05, 3.63) is 30.0 Å². The van der Waals surface area contributed by atoms with E-state index in [4.69, 9.17) is 9.84 Å². The molecule has 21 heavy (non-hydrogen) atoms. The SMILES string of the molecule is CCOc1ccc2[nH]cc(C(=O)C(C)C(C)C(=O)O)c2c1. The number of carboxylic acids is 1. The molecule has 2 N–H and O–H groups in total. The number of hydrogen-bond donors (Lipinski definition) is 2. The highest BCUT2D eigenvalue weighted by atomic mass is 16.5. The van der Waals surface area contributed by atoms with Crippen LogP contribution in [0.1, 0.15) is 31.1 Å². The van der Waals surface area contributed by atoms with Crippen LogP contribution in [0.25, 0.3) is 10.9 Å². The predicted molar refractivity (Wildman–Crippen MR) is 79.8 cm³/mol. The third kappa shape index (κ3) is 2.91. The van der Waals surface area contributed by atoms with E-state index in [1.54, 1.807) is 26.1 Å². The number of ether oxygens (including phenoxy) is 1. The standard InChI is InChI=1S/C16H19NO4/c1-4-21-11-5-6-14-12(7-11)13(8-17-14)15(18)9(2)10(3)16(19)20/h5-10,17H,4H2,1-3H3,(H,19,20). The fourth-order valence-electron chi connectivity index (χ4n) is 2.25. The molecule has 0 saturated carbocycles. The van der Waals surface area contributed by atoms with Gasteiger partial charge in [0.05, 0.1) is 12.5 Å². The van der Waals surface area contributed by atoms with Crippen molar-refractivity contribution in [1.82, 2.24) is 4.98 Å². The first kappa shape index (κ1) is 15.1. The number of ketones is 1. The summed E-state index contributed by atoms with van der Waals surface area (Å²) in [5, 5.41) is 9.81. The molecule has 2 rings (SSSR count). The Hall–Kier alpha value is -2.30. The van der Waals surface area contributed by atoms with Gasteiger partial charge in [-0.1, -0.05) is 13.8 Å². The summed E-state index contributed by atoms with van der Waals surface area (Å²) in [6.07, 6.45) is 1.63. The van der Waals surface area contributed by atoms with Gasteiger partial charge in [-0.15, -0.1) is 0 Å². The summed E-state index contributed by atoms with van der Waals surface area (Å²) < 4.78 is 5.44. The van der Waals surface area contributed by atoms with Gasteiger partial charge in [-0.25, -0.2) is 0 Å². The Kier molecular flexibility index (Phi) is 4.31. The molecule has 0 saturated heterocycles. The number of carboxylic acid groups (broad SMARTS) is 1. The van der Waals surface area contributed by atoms with E-state index >= 15 is 0 Å². The average Bonchev–Trinajstić information content (AvgIpc) is 2.88. The summed E-state index contributed by atoms with van der Waals surface area (Å²) in [5.74, 6) is -1.76.